The summed E-state index contributed by atoms with van der Waals surface area (Å²) in [5, 5.41) is 3.14. The molecule has 0 amide bonds. The molecule has 1 rings (SSSR count). The first kappa shape index (κ1) is 12.7. The van der Waals surface area contributed by atoms with E-state index in [1.54, 1.807) is 12.1 Å². The maximum absolute atomic E-state index is 13.7. The van der Waals surface area contributed by atoms with E-state index in [1.165, 1.54) is 0 Å². The van der Waals surface area contributed by atoms with Gasteiger partial charge in [-0.15, -0.1) is 0 Å². The number of nitrogens with one attached hydrogen (secondary N) is 1. The molecule has 0 radical (unpaired) electrons. The van der Waals surface area contributed by atoms with E-state index in [0.717, 1.165) is 13.1 Å². The lowest BCUT2D eigenvalue weighted by atomic mass is 10.3. The van der Waals surface area contributed by atoms with Gasteiger partial charge in [-0.2, -0.15) is 0 Å². The summed E-state index contributed by atoms with van der Waals surface area (Å²) in [7, 11) is 3.69. The van der Waals surface area contributed by atoms with Crippen LogP contribution in [0.5, 0.6) is 0 Å². The van der Waals surface area contributed by atoms with E-state index in [-0.39, 0.29) is 10.8 Å². The molecular weight excluding hydrogens is 282 g/mol. The third kappa shape index (κ3) is 3.06. The number of nitrogens with zero attached hydrogens (tertiary/aromatic N) is 1. The van der Waals surface area contributed by atoms with Gasteiger partial charge in [0.05, 0.1) is 10.7 Å². The first-order valence-electron chi connectivity index (χ1n) is 4.57. The quantitative estimate of drug-likeness (QED) is 0.859. The fourth-order valence-corrected chi connectivity index (χ4v) is 1.68. The SMILES string of the molecule is CNCCN(C)c1ccc(Br)c(Cl)c1F. The topological polar surface area (TPSA) is 15.3 Å². The standard InChI is InChI=1S/C10H13BrClFN2/c1-14-5-6-15(2)8-4-3-7(11)9(12)10(8)13/h3-4,14H,5-6H2,1-2H3. The molecule has 0 saturated heterocycles. The molecule has 15 heavy (non-hydrogen) atoms. The molecule has 0 aliphatic heterocycles. The zero-order valence-electron chi connectivity index (χ0n) is 8.65. The first-order valence-corrected chi connectivity index (χ1v) is 5.74. The van der Waals surface area contributed by atoms with Crippen molar-refractivity contribution < 1.29 is 4.39 Å². The first-order chi connectivity index (χ1) is 7.07. The van der Waals surface area contributed by atoms with Gasteiger partial charge in [0.1, 0.15) is 0 Å². The molecule has 0 atom stereocenters. The Morgan fingerprint density at radius 3 is 2.80 bits per heavy atom. The van der Waals surface area contributed by atoms with Gasteiger partial charge in [-0.25, -0.2) is 4.39 Å². The number of likely N-dealkylation sites (N-methyl/N-ethyl adjacent to an activating group) is 2. The summed E-state index contributed by atoms with van der Waals surface area (Å²) in [6.07, 6.45) is 0. The second-order valence-electron chi connectivity index (χ2n) is 3.22. The average Bonchev–Trinajstić information content (AvgIpc) is 2.23. The van der Waals surface area contributed by atoms with Gasteiger partial charge in [-0.1, -0.05) is 11.6 Å². The Balaban J connectivity index is 2.90. The van der Waals surface area contributed by atoms with E-state index < -0.39 is 0 Å². The third-order valence-electron chi connectivity index (χ3n) is 2.12. The summed E-state index contributed by atoms with van der Waals surface area (Å²) in [5.74, 6) is -0.385. The number of hydrogen-bond acceptors (Lipinski definition) is 2. The van der Waals surface area contributed by atoms with Crippen molar-refractivity contribution in [1.29, 1.82) is 0 Å². The van der Waals surface area contributed by atoms with Crippen LogP contribution in [0.4, 0.5) is 10.1 Å². The molecule has 1 aromatic carbocycles. The predicted octanol–water partition coefficient (Wildman–Crippen LogP) is 2.90. The predicted molar refractivity (Wildman–Crippen MR) is 66.3 cm³/mol. The molecule has 0 saturated carbocycles. The summed E-state index contributed by atoms with van der Waals surface area (Å²) in [5.41, 5.74) is 0.512. The molecular formula is C10H13BrClFN2. The van der Waals surface area contributed by atoms with Crippen molar-refractivity contribution >= 4 is 33.2 Å². The lowest BCUT2D eigenvalue weighted by Gasteiger charge is -2.20. The van der Waals surface area contributed by atoms with Crippen LogP contribution in [0.2, 0.25) is 5.02 Å². The molecule has 0 spiro atoms. The summed E-state index contributed by atoms with van der Waals surface area (Å²) in [4.78, 5) is 1.82. The molecule has 1 aromatic rings. The van der Waals surface area contributed by atoms with E-state index in [0.29, 0.717) is 10.2 Å². The summed E-state index contributed by atoms with van der Waals surface area (Å²) in [6.45, 7) is 1.52. The van der Waals surface area contributed by atoms with Crippen molar-refractivity contribution in [1.82, 2.24) is 5.32 Å². The lowest BCUT2D eigenvalue weighted by molar-refractivity contribution is 0.620. The minimum atomic E-state index is -0.385. The number of halogens is 3. The highest BCUT2D eigenvalue weighted by Gasteiger charge is 2.12. The van der Waals surface area contributed by atoms with Gasteiger partial charge in [0, 0.05) is 24.6 Å². The van der Waals surface area contributed by atoms with Crippen LogP contribution in [0.25, 0.3) is 0 Å². The van der Waals surface area contributed by atoms with Gasteiger partial charge in [0.2, 0.25) is 0 Å². The molecule has 84 valence electrons. The largest absolute Gasteiger partial charge is 0.371 e. The Hall–Kier alpha value is -0.320. The van der Waals surface area contributed by atoms with Crippen LogP contribution in [-0.4, -0.2) is 27.2 Å². The van der Waals surface area contributed by atoms with Gasteiger partial charge in [-0.05, 0) is 35.1 Å². The maximum Gasteiger partial charge on any atom is 0.166 e. The van der Waals surface area contributed by atoms with Crippen molar-refractivity contribution in [2.24, 2.45) is 0 Å². The molecule has 0 aliphatic rings. The Kier molecular flexibility index (Phi) is 4.83. The van der Waals surface area contributed by atoms with Gasteiger partial charge in [-0.3, -0.25) is 0 Å². The van der Waals surface area contributed by atoms with Gasteiger partial charge < -0.3 is 10.2 Å². The van der Waals surface area contributed by atoms with Crippen LogP contribution in [0.15, 0.2) is 16.6 Å². The van der Waals surface area contributed by atoms with Gasteiger partial charge in [0.25, 0.3) is 0 Å². The maximum atomic E-state index is 13.7. The molecule has 0 unspecified atom stereocenters. The van der Waals surface area contributed by atoms with Crippen LogP contribution in [0.1, 0.15) is 0 Å². The number of benzene rings is 1. The van der Waals surface area contributed by atoms with Crippen molar-refractivity contribution in [3.63, 3.8) is 0 Å². The fourth-order valence-electron chi connectivity index (χ4n) is 1.21. The van der Waals surface area contributed by atoms with E-state index in [9.17, 15) is 4.39 Å². The van der Waals surface area contributed by atoms with E-state index in [4.69, 9.17) is 11.6 Å². The zero-order valence-corrected chi connectivity index (χ0v) is 11.0. The Morgan fingerprint density at radius 1 is 1.53 bits per heavy atom. The second-order valence-corrected chi connectivity index (χ2v) is 4.45. The fraction of sp³-hybridized carbons (Fsp3) is 0.400. The van der Waals surface area contributed by atoms with Crippen LogP contribution in [0, 0.1) is 5.82 Å². The molecule has 1 N–H and O–H groups in total. The van der Waals surface area contributed by atoms with Gasteiger partial charge >= 0.3 is 0 Å². The smallest absolute Gasteiger partial charge is 0.166 e. The minimum Gasteiger partial charge on any atom is -0.371 e. The molecule has 2 nitrogen and oxygen atoms in total. The number of hydrogen-bond donors (Lipinski definition) is 1. The van der Waals surface area contributed by atoms with Crippen molar-refractivity contribution in [2.75, 3.05) is 32.1 Å². The normalized spacial score (nSPS) is 10.5. The van der Waals surface area contributed by atoms with Crippen molar-refractivity contribution in [3.8, 4) is 0 Å². The second kappa shape index (κ2) is 5.68. The molecule has 0 bridgehead atoms. The van der Waals surface area contributed by atoms with Crippen LogP contribution in [0.3, 0.4) is 0 Å². The van der Waals surface area contributed by atoms with Crippen LogP contribution < -0.4 is 10.2 Å². The monoisotopic (exact) mass is 294 g/mol. The third-order valence-corrected chi connectivity index (χ3v) is 3.38. The Labute approximate surface area is 103 Å². The lowest BCUT2D eigenvalue weighted by Crippen LogP contribution is -2.27. The van der Waals surface area contributed by atoms with Crippen molar-refractivity contribution in [3.05, 3.63) is 27.4 Å². The highest BCUT2D eigenvalue weighted by atomic mass is 79.9. The average molecular weight is 296 g/mol. The Morgan fingerprint density at radius 2 is 2.20 bits per heavy atom. The summed E-state index contributed by atoms with van der Waals surface area (Å²) >= 11 is 8.98. The van der Waals surface area contributed by atoms with Crippen LogP contribution >= 0.6 is 27.5 Å². The van der Waals surface area contributed by atoms with E-state index in [1.807, 2.05) is 19.0 Å². The van der Waals surface area contributed by atoms with Crippen molar-refractivity contribution in [2.45, 2.75) is 0 Å². The Bertz CT molecular complexity index is 346. The molecule has 0 aliphatic carbocycles. The molecule has 0 aromatic heterocycles. The number of rotatable bonds is 4. The van der Waals surface area contributed by atoms with E-state index in [2.05, 4.69) is 21.2 Å². The summed E-state index contributed by atoms with van der Waals surface area (Å²) in [6, 6.07) is 3.46. The molecule has 0 fully saturated rings. The van der Waals surface area contributed by atoms with Crippen LogP contribution in [-0.2, 0) is 0 Å². The highest BCUT2D eigenvalue weighted by Crippen LogP contribution is 2.31. The molecule has 0 heterocycles. The van der Waals surface area contributed by atoms with E-state index >= 15 is 0 Å². The zero-order chi connectivity index (χ0) is 11.4. The molecule has 5 heteroatoms. The van der Waals surface area contributed by atoms with Gasteiger partial charge in [0.15, 0.2) is 5.82 Å². The summed E-state index contributed by atoms with van der Waals surface area (Å²) < 4.78 is 14.3. The number of anilines is 1. The minimum absolute atomic E-state index is 0.129. The highest BCUT2D eigenvalue weighted by molar-refractivity contribution is 9.10.